The Kier molecular flexibility index (Phi) is 7.56. The van der Waals surface area contributed by atoms with Gasteiger partial charge in [-0.3, -0.25) is 9.59 Å². The van der Waals surface area contributed by atoms with E-state index in [1.54, 1.807) is 18.2 Å². The van der Waals surface area contributed by atoms with Crippen molar-refractivity contribution < 1.29 is 32.3 Å². The fraction of sp³-hybridized carbons (Fsp3) is 0.438. The molecular weight excluding hydrogens is 364 g/mol. The van der Waals surface area contributed by atoms with E-state index in [9.17, 15) is 22.8 Å². The molecule has 2 amide bonds. The summed E-state index contributed by atoms with van der Waals surface area (Å²) in [6, 6.07) is 5.05. The zero-order valence-corrected chi connectivity index (χ0v) is 15.5. The van der Waals surface area contributed by atoms with Crippen LogP contribution in [0.2, 0.25) is 0 Å². The Morgan fingerprint density at radius 3 is 2.38 bits per heavy atom. The van der Waals surface area contributed by atoms with Crippen LogP contribution in [0, 0.1) is 0 Å². The molecule has 0 saturated heterocycles. The van der Waals surface area contributed by atoms with Gasteiger partial charge in [-0.1, -0.05) is 12.1 Å². The van der Waals surface area contributed by atoms with Crippen molar-refractivity contribution in [1.29, 1.82) is 0 Å². The molecule has 0 saturated carbocycles. The summed E-state index contributed by atoms with van der Waals surface area (Å²) in [7, 11) is -2.00. The molecule has 2 atom stereocenters. The monoisotopic (exact) mass is 386 g/mol. The fourth-order valence-corrected chi connectivity index (χ4v) is 2.63. The summed E-state index contributed by atoms with van der Waals surface area (Å²) < 4.78 is 32.7. The molecule has 9 nitrogen and oxygen atoms in total. The molecule has 0 aliphatic carbocycles. The van der Waals surface area contributed by atoms with Crippen molar-refractivity contribution in [1.82, 2.24) is 5.32 Å². The van der Waals surface area contributed by atoms with Crippen LogP contribution in [0.1, 0.15) is 23.7 Å². The average Bonchev–Trinajstić information content (AvgIpc) is 2.57. The molecular formula is C16H22N2O7S. The number of nitrogens with one attached hydrogen (secondary N) is 1. The largest absolute Gasteiger partial charge is 0.496 e. The number of benzene rings is 1. The van der Waals surface area contributed by atoms with Crippen molar-refractivity contribution >= 4 is 27.6 Å². The summed E-state index contributed by atoms with van der Waals surface area (Å²) in [5, 5.41) is 2.41. The van der Waals surface area contributed by atoms with Gasteiger partial charge in [0.25, 0.3) is 11.8 Å². The predicted molar refractivity (Wildman–Crippen MR) is 93.3 cm³/mol. The van der Waals surface area contributed by atoms with E-state index < -0.39 is 39.8 Å². The number of sulfone groups is 1. The third kappa shape index (κ3) is 6.71. The van der Waals surface area contributed by atoms with Gasteiger partial charge in [0.05, 0.1) is 18.4 Å². The number of hydrogen-bond donors (Lipinski definition) is 2. The Bertz CT molecular complexity index is 777. The van der Waals surface area contributed by atoms with Crippen molar-refractivity contribution in [2.45, 2.75) is 25.5 Å². The first kappa shape index (κ1) is 21.4. The second-order valence-corrected chi connectivity index (χ2v) is 7.89. The van der Waals surface area contributed by atoms with Gasteiger partial charge < -0.3 is 20.5 Å². The first-order valence-electron chi connectivity index (χ1n) is 7.66. The molecule has 0 bridgehead atoms. The molecule has 0 fully saturated rings. The van der Waals surface area contributed by atoms with Crippen LogP contribution in [0.5, 0.6) is 5.75 Å². The zero-order chi connectivity index (χ0) is 19.9. The lowest BCUT2D eigenvalue weighted by atomic mass is 10.1. The number of para-hydroxylation sites is 1. The Morgan fingerprint density at radius 2 is 1.85 bits per heavy atom. The van der Waals surface area contributed by atoms with Crippen LogP contribution in [0.3, 0.4) is 0 Å². The molecule has 0 unspecified atom stereocenters. The summed E-state index contributed by atoms with van der Waals surface area (Å²) in [6.45, 7) is 1.27. The predicted octanol–water partition coefficient (Wildman–Crippen LogP) is -0.355. The maximum Gasteiger partial charge on any atom is 0.329 e. The number of primary amides is 1. The van der Waals surface area contributed by atoms with Gasteiger partial charge in [0.2, 0.25) is 0 Å². The highest BCUT2D eigenvalue weighted by Crippen LogP contribution is 2.17. The van der Waals surface area contributed by atoms with Crippen LogP contribution >= 0.6 is 0 Å². The fourth-order valence-electron chi connectivity index (χ4n) is 1.96. The second-order valence-electron chi connectivity index (χ2n) is 5.63. The van der Waals surface area contributed by atoms with Gasteiger partial charge >= 0.3 is 5.97 Å². The van der Waals surface area contributed by atoms with Crippen molar-refractivity contribution in [3.05, 3.63) is 29.8 Å². The Labute approximate surface area is 151 Å². The minimum atomic E-state index is -3.39. The van der Waals surface area contributed by atoms with E-state index in [1.807, 2.05) is 0 Å². The second kappa shape index (κ2) is 9.18. The summed E-state index contributed by atoms with van der Waals surface area (Å²) in [5.74, 6) is -2.54. The normalized spacial score (nSPS) is 13.3. The summed E-state index contributed by atoms with van der Waals surface area (Å²) in [5.41, 5.74) is 5.20. The molecule has 1 aromatic carbocycles. The topological polar surface area (TPSA) is 142 Å². The van der Waals surface area contributed by atoms with E-state index in [-0.39, 0.29) is 23.5 Å². The quantitative estimate of drug-likeness (QED) is 0.552. The molecule has 144 valence electrons. The van der Waals surface area contributed by atoms with Gasteiger partial charge in [0.15, 0.2) is 6.10 Å². The number of methoxy groups -OCH3 is 1. The molecule has 0 aliphatic rings. The molecule has 26 heavy (non-hydrogen) atoms. The first-order chi connectivity index (χ1) is 12.0. The van der Waals surface area contributed by atoms with Crippen LogP contribution in [-0.2, 0) is 24.2 Å². The van der Waals surface area contributed by atoms with Gasteiger partial charge in [-0.05, 0) is 25.5 Å². The number of carbonyl (C=O) groups is 3. The minimum Gasteiger partial charge on any atom is -0.496 e. The van der Waals surface area contributed by atoms with Crippen LogP contribution in [0.4, 0.5) is 0 Å². The van der Waals surface area contributed by atoms with Crippen LogP contribution in [0.15, 0.2) is 24.3 Å². The van der Waals surface area contributed by atoms with Crippen molar-refractivity contribution in [2.24, 2.45) is 5.73 Å². The maximum atomic E-state index is 12.4. The van der Waals surface area contributed by atoms with E-state index in [2.05, 4.69) is 5.32 Å². The zero-order valence-electron chi connectivity index (χ0n) is 14.7. The molecule has 0 aromatic heterocycles. The molecule has 0 aliphatic heterocycles. The number of rotatable bonds is 9. The van der Waals surface area contributed by atoms with Crippen molar-refractivity contribution in [3.8, 4) is 5.75 Å². The molecule has 0 spiro atoms. The van der Waals surface area contributed by atoms with E-state index in [1.165, 1.54) is 20.1 Å². The van der Waals surface area contributed by atoms with E-state index >= 15 is 0 Å². The Balaban J connectivity index is 2.98. The third-order valence-corrected chi connectivity index (χ3v) is 4.39. The first-order valence-corrected chi connectivity index (χ1v) is 9.72. The van der Waals surface area contributed by atoms with Crippen LogP contribution in [-0.4, -0.2) is 57.5 Å². The van der Waals surface area contributed by atoms with Crippen molar-refractivity contribution in [3.63, 3.8) is 0 Å². The average molecular weight is 386 g/mol. The Morgan fingerprint density at radius 1 is 1.23 bits per heavy atom. The number of amides is 2. The number of ether oxygens (including phenoxy) is 2. The number of hydrogen-bond acceptors (Lipinski definition) is 7. The third-order valence-electron chi connectivity index (χ3n) is 3.41. The van der Waals surface area contributed by atoms with E-state index in [0.29, 0.717) is 0 Å². The molecule has 10 heteroatoms. The van der Waals surface area contributed by atoms with Gasteiger partial charge in [-0.25, -0.2) is 13.2 Å². The smallest absolute Gasteiger partial charge is 0.329 e. The van der Waals surface area contributed by atoms with Crippen LogP contribution in [0.25, 0.3) is 0 Å². The number of carbonyl (C=O) groups excluding carboxylic acids is 3. The van der Waals surface area contributed by atoms with Crippen LogP contribution < -0.4 is 15.8 Å². The number of esters is 1. The molecule has 0 heterocycles. The molecule has 1 rings (SSSR count). The highest BCUT2D eigenvalue weighted by molar-refractivity contribution is 7.90. The van der Waals surface area contributed by atoms with E-state index in [0.717, 1.165) is 6.26 Å². The SMILES string of the molecule is COc1ccccc1C(=O)N[C@H](CCS(C)(=O)=O)C(=O)O[C@H](C)C(N)=O. The van der Waals surface area contributed by atoms with E-state index in [4.69, 9.17) is 15.2 Å². The summed E-state index contributed by atoms with van der Waals surface area (Å²) in [6.07, 6.45) is -0.431. The molecule has 1 aromatic rings. The number of nitrogens with two attached hydrogens (primary N) is 1. The molecule has 3 N–H and O–H groups in total. The van der Waals surface area contributed by atoms with Gasteiger partial charge in [-0.15, -0.1) is 0 Å². The maximum absolute atomic E-state index is 12.4. The summed E-state index contributed by atoms with van der Waals surface area (Å²) >= 11 is 0. The summed E-state index contributed by atoms with van der Waals surface area (Å²) in [4.78, 5) is 35.7. The van der Waals surface area contributed by atoms with Gasteiger partial charge in [0, 0.05) is 6.26 Å². The lowest BCUT2D eigenvalue weighted by molar-refractivity contribution is -0.155. The standard InChI is InChI=1S/C16H22N2O7S/c1-10(14(17)19)25-16(21)12(8-9-26(3,22)23)18-15(20)11-6-4-5-7-13(11)24-2/h4-7,10,12H,8-9H2,1-3H3,(H2,17,19)(H,18,20)/t10-,12-/m1/s1. The van der Waals surface area contributed by atoms with Gasteiger partial charge in [-0.2, -0.15) is 0 Å². The minimum absolute atomic E-state index is 0.162. The lowest BCUT2D eigenvalue weighted by Gasteiger charge is -2.19. The lowest BCUT2D eigenvalue weighted by Crippen LogP contribution is -2.45. The van der Waals surface area contributed by atoms with Gasteiger partial charge in [0.1, 0.15) is 21.6 Å². The van der Waals surface area contributed by atoms with Crippen molar-refractivity contribution in [2.75, 3.05) is 19.1 Å². The highest BCUT2D eigenvalue weighted by Gasteiger charge is 2.27. The highest BCUT2D eigenvalue weighted by atomic mass is 32.2. The molecule has 0 radical (unpaired) electrons. The Hall–Kier alpha value is -2.62.